The van der Waals surface area contributed by atoms with Crippen LogP contribution < -0.4 is 5.32 Å². The normalized spacial score (nSPS) is 12.0. The molecular formula is C17H25NO3. The second-order valence-electron chi connectivity index (χ2n) is 5.23. The molecule has 1 unspecified atom stereocenters. The molecule has 1 N–H and O–H groups in total. The molecule has 0 heterocycles. The summed E-state index contributed by atoms with van der Waals surface area (Å²) in [7, 11) is 0. The first-order valence-corrected chi connectivity index (χ1v) is 7.31. The average molecular weight is 291 g/mol. The standard InChI is InChI=1S/C17H25NO3/c1-5-14(4)15-6-8-16(9-7-15)17(19)18-10-11-20-21-12-13(2)3/h6-9,14H,2,5,10-12H2,1,3-4H3,(H,18,19). The third-order valence-electron chi connectivity index (χ3n) is 3.21. The minimum Gasteiger partial charge on any atom is -0.350 e. The van der Waals surface area contributed by atoms with E-state index in [1.807, 2.05) is 31.2 Å². The highest BCUT2D eigenvalue weighted by Gasteiger charge is 2.07. The molecule has 4 heteroatoms. The van der Waals surface area contributed by atoms with Crippen LogP contribution in [-0.4, -0.2) is 25.7 Å². The summed E-state index contributed by atoms with van der Waals surface area (Å²) < 4.78 is 0. The van der Waals surface area contributed by atoms with Crippen LogP contribution in [0, 0.1) is 0 Å². The Bertz CT molecular complexity index is 454. The lowest BCUT2D eigenvalue weighted by molar-refractivity contribution is -0.286. The third-order valence-corrected chi connectivity index (χ3v) is 3.21. The predicted molar refractivity (Wildman–Crippen MR) is 84.2 cm³/mol. The van der Waals surface area contributed by atoms with Gasteiger partial charge in [-0.2, -0.15) is 0 Å². The van der Waals surface area contributed by atoms with Gasteiger partial charge in [0, 0.05) is 12.1 Å². The van der Waals surface area contributed by atoms with Crippen molar-refractivity contribution in [1.82, 2.24) is 5.32 Å². The van der Waals surface area contributed by atoms with Crippen LogP contribution in [-0.2, 0) is 9.78 Å². The van der Waals surface area contributed by atoms with E-state index in [1.54, 1.807) is 0 Å². The zero-order valence-corrected chi connectivity index (χ0v) is 13.1. The Labute approximate surface area is 127 Å². The highest BCUT2D eigenvalue weighted by atomic mass is 17.2. The van der Waals surface area contributed by atoms with Crippen molar-refractivity contribution in [3.05, 3.63) is 47.5 Å². The average Bonchev–Trinajstić information content (AvgIpc) is 2.49. The zero-order chi connectivity index (χ0) is 15.7. The first-order valence-electron chi connectivity index (χ1n) is 7.31. The molecule has 1 aromatic rings. The van der Waals surface area contributed by atoms with Crippen LogP contribution in [0.4, 0.5) is 0 Å². The lowest BCUT2D eigenvalue weighted by atomic mass is 9.97. The van der Waals surface area contributed by atoms with Crippen molar-refractivity contribution in [2.75, 3.05) is 19.8 Å². The van der Waals surface area contributed by atoms with E-state index in [0.717, 1.165) is 12.0 Å². The van der Waals surface area contributed by atoms with E-state index >= 15 is 0 Å². The van der Waals surface area contributed by atoms with Crippen LogP contribution in [0.15, 0.2) is 36.4 Å². The van der Waals surface area contributed by atoms with Crippen molar-refractivity contribution in [2.24, 2.45) is 0 Å². The van der Waals surface area contributed by atoms with Gasteiger partial charge in [0.15, 0.2) is 0 Å². The number of hydrogen-bond acceptors (Lipinski definition) is 3. The first kappa shape index (κ1) is 17.4. The fraction of sp³-hybridized carbons (Fsp3) is 0.471. The van der Waals surface area contributed by atoms with Gasteiger partial charge in [-0.25, -0.2) is 9.78 Å². The van der Waals surface area contributed by atoms with Gasteiger partial charge < -0.3 is 5.32 Å². The monoisotopic (exact) mass is 291 g/mol. The molecule has 1 rings (SSSR count). The van der Waals surface area contributed by atoms with Crippen molar-refractivity contribution in [1.29, 1.82) is 0 Å². The summed E-state index contributed by atoms with van der Waals surface area (Å²) in [6.07, 6.45) is 1.09. The quantitative estimate of drug-likeness (QED) is 0.328. The van der Waals surface area contributed by atoms with Crippen molar-refractivity contribution in [3.63, 3.8) is 0 Å². The molecular weight excluding hydrogens is 266 g/mol. The molecule has 0 bridgehead atoms. The molecule has 0 aliphatic heterocycles. The summed E-state index contributed by atoms with van der Waals surface area (Å²) in [5.41, 5.74) is 2.80. The van der Waals surface area contributed by atoms with E-state index in [9.17, 15) is 4.79 Å². The van der Waals surface area contributed by atoms with Crippen LogP contribution in [0.3, 0.4) is 0 Å². The molecule has 0 aromatic heterocycles. The van der Waals surface area contributed by atoms with Gasteiger partial charge in [-0.05, 0) is 37.0 Å². The largest absolute Gasteiger partial charge is 0.350 e. The van der Waals surface area contributed by atoms with Gasteiger partial charge in [0.25, 0.3) is 5.91 Å². The van der Waals surface area contributed by atoms with E-state index in [1.165, 1.54) is 5.56 Å². The summed E-state index contributed by atoms with van der Waals surface area (Å²) in [5.74, 6) is 0.412. The number of hydrogen-bond donors (Lipinski definition) is 1. The minimum atomic E-state index is -0.103. The molecule has 0 aliphatic carbocycles. The first-order chi connectivity index (χ1) is 10.0. The van der Waals surface area contributed by atoms with E-state index in [2.05, 4.69) is 25.7 Å². The zero-order valence-electron chi connectivity index (χ0n) is 13.1. The maximum absolute atomic E-state index is 11.9. The van der Waals surface area contributed by atoms with E-state index in [0.29, 0.717) is 31.2 Å². The lowest BCUT2D eigenvalue weighted by Crippen LogP contribution is -2.27. The Morgan fingerprint density at radius 1 is 1.29 bits per heavy atom. The van der Waals surface area contributed by atoms with Crippen LogP contribution in [0.1, 0.15) is 49.0 Å². The van der Waals surface area contributed by atoms with E-state index in [-0.39, 0.29) is 5.91 Å². The molecule has 0 fully saturated rings. The van der Waals surface area contributed by atoms with Crippen molar-refractivity contribution < 1.29 is 14.6 Å². The molecule has 116 valence electrons. The molecule has 4 nitrogen and oxygen atoms in total. The predicted octanol–water partition coefficient (Wildman–Crippen LogP) is 3.45. The second-order valence-corrected chi connectivity index (χ2v) is 5.23. The number of carbonyl (C=O) groups is 1. The molecule has 0 saturated carbocycles. The number of benzene rings is 1. The fourth-order valence-corrected chi connectivity index (χ4v) is 1.71. The number of nitrogens with one attached hydrogen (secondary N) is 1. The molecule has 1 amide bonds. The maximum atomic E-state index is 11.9. The van der Waals surface area contributed by atoms with Gasteiger partial charge >= 0.3 is 0 Å². The summed E-state index contributed by atoms with van der Waals surface area (Å²) >= 11 is 0. The molecule has 0 radical (unpaired) electrons. The Morgan fingerprint density at radius 2 is 1.95 bits per heavy atom. The highest BCUT2D eigenvalue weighted by molar-refractivity contribution is 5.94. The highest BCUT2D eigenvalue weighted by Crippen LogP contribution is 2.18. The van der Waals surface area contributed by atoms with Gasteiger partial charge in [0.2, 0.25) is 0 Å². The Morgan fingerprint density at radius 3 is 2.52 bits per heavy atom. The van der Waals surface area contributed by atoms with Crippen LogP contribution in [0.5, 0.6) is 0 Å². The number of rotatable bonds is 9. The summed E-state index contributed by atoms with van der Waals surface area (Å²) in [6, 6.07) is 7.73. The second kappa shape index (κ2) is 9.32. The number of amides is 1. The van der Waals surface area contributed by atoms with Crippen molar-refractivity contribution >= 4 is 5.91 Å². The fourth-order valence-electron chi connectivity index (χ4n) is 1.71. The van der Waals surface area contributed by atoms with Gasteiger partial charge in [-0.1, -0.05) is 38.1 Å². The molecule has 0 saturated heterocycles. The molecule has 0 aliphatic rings. The Hall–Kier alpha value is -1.65. The summed E-state index contributed by atoms with van der Waals surface area (Å²) in [4.78, 5) is 21.7. The molecule has 1 atom stereocenters. The van der Waals surface area contributed by atoms with E-state index in [4.69, 9.17) is 9.78 Å². The summed E-state index contributed by atoms with van der Waals surface area (Å²) in [6.45, 7) is 11.0. The number of carbonyl (C=O) groups excluding carboxylic acids is 1. The van der Waals surface area contributed by atoms with Gasteiger partial charge in [0.05, 0.1) is 6.61 Å². The minimum absolute atomic E-state index is 0.103. The smallest absolute Gasteiger partial charge is 0.251 e. The molecule has 1 aromatic carbocycles. The Balaban J connectivity index is 2.30. The van der Waals surface area contributed by atoms with Gasteiger partial charge in [-0.15, -0.1) is 0 Å². The van der Waals surface area contributed by atoms with Gasteiger partial charge in [-0.3, -0.25) is 4.79 Å². The van der Waals surface area contributed by atoms with E-state index < -0.39 is 0 Å². The molecule has 21 heavy (non-hydrogen) atoms. The van der Waals surface area contributed by atoms with Crippen LogP contribution in [0.2, 0.25) is 0 Å². The SMILES string of the molecule is C=C(C)COOCCNC(=O)c1ccc(C(C)CC)cc1. The molecule has 0 spiro atoms. The topological polar surface area (TPSA) is 47.6 Å². The lowest BCUT2D eigenvalue weighted by Gasteiger charge is -2.10. The van der Waals surface area contributed by atoms with Crippen molar-refractivity contribution in [3.8, 4) is 0 Å². The van der Waals surface area contributed by atoms with Crippen LogP contribution in [0.25, 0.3) is 0 Å². The van der Waals surface area contributed by atoms with Crippen LogP contribution >= 0.6 is 0 Å². The maximum Gasteiger partial charge on any atom is 0.251 e. The summed E-state index contributed by atoms with van der Waals surface area (Å²) in [5, 5.41) is 2.78. The Kier molecular flexibility index (Phi) is 7.72. The van der Waals surface area contributed by atoms with Crippen molar-refractivity contribution in [2.45, 2.75) is 33.1 Å². The van der Waals surface area contributed by atoms with Gasteiger partial charge in [0.1, 0.15) is 6.61 Å². The third kappa shape index (κ3) is 6.56.